The van der Waals surface area contributed by atoms with Gasteiger partial charge in [0.2, 0.25) is 0 Å². The quantitative estimate of drug-likeness (QED) is 0.809. The molecule has 1 aliphatic rings. The van der Waals surface area contributed by atoms with E-state index in [-0.39, 0.29) is 0 Å². The molecule has 2 rings (SSSR count). The normalized spacial score (nSPS) is 24.2. The summed E-state index contributed by atoms with van der Waals surface area (Å²) in [5.41, 5.74) is 1.40. The highest BCUT2D eigenvalue weighted by atomic mass is 16.5. The molecule has 0 radical (unpaired) electrons. The zero-order valence-corrected chi connectivity index (χ0v) is 13.0. The SMILES string of the molecule is CCOCCN1CC(C(C)C)NCC1c1ccccc1. The van der Waals surface area contributed by atoms with Crippen molar-refractivity contribution in [2.45, 2.75) is 32.9 Å². The average Bonchev–Trinajstić information content (AvgIpc) is 2.48. The molecule has 112 valence electrons. The van der Waals surface area contributed by atoms with Crippen molar-refractivity contribution in [2.75, 3.05) is 32.8 Å². The van der Waals surface area contributed by atoms with E-state index in [4.69, 9.17) is 4.74 Å². The Balaban J connectivity index is 2.04. The van der Waals surface area contributed by atoms with Crippen molar-refractivity contribution in [1.82, 2.24) is 10.2 Å². The highest BCUT2D eigenvalue weighted by Gasteiger charge is 2.29. The Labute approximate surface area is 123 Å². The van der Waals surface area contributed by atoms with E-state index in [0.717, 1.165) is 32.8 Å². The lowest BCUT2D eigenvalue weighted by Crippen LogP contribution is -2.54. The van der Waals surface area contributed by atoms with Crippen molar-refractivity contribution in [3.63, 3.8) is 0 Å². The first-order valence-corrected chi connectivity index (χ1v) is 7.82. The highest BCUT2D eigenvalue weighted by molar-refractivity contribution is 5.20. The number of ether oxygens (including phenoxy) is 1. The predicted octanol–water partition coefficient (Wildman–Crippen LogP) is 2.69. The summed E-state index contributed by atoms with van der Waals surface area (Å²) in [4.78, 5) is 2.58. The summed E-state index contributed by atoms with van der Waals surface area (Å²) in [5.74, 6) is 0.668. The molecule has 0 bridgehead atoms. The summed E-state index contributed by atoms with van der Waals surface area (Å²) in [5, 5.41) is 3.71. The number of hydrogen-bond donors (Lipinski definition) is 1. The van der Waals surface area contributed by atoms with Crippen LogP contribution < -0.4 is 5.32 Å². The molecule has 0 amide bonds. The van der Waals surface area contributed by atoms with Crippen LogP contribution in [0.5, 0.6) is 0 Å². The first-order valence-electron chi connectivity index (χ1n) is 7.82. The molecule has 1 aliphatic heterocycles. The van der Waals surface area contributed by atoms with E-state index in [2.05, 4.69) is 61.3 Å². The van der Waals surface area contributed by atoms with Gasteiger partial charge in [0.1, 0.15) is 0 Å². The van der Waals surface area contributed by atoms with Gasteiger partial charge in [-0.15, -0.1) is 0 Å². The number of rotatable bonds is 6. The molecular weight excluding hydrogens is 248 g/mol. The zero-order valence-electron chi connectivity index (χ0n) is 13.0. The van der Waals surface area contributed by atoms with Crippen LogP contribution in [-0.2, 0) is 4.74 Å². The molecule has 3 heteroatoms. The molecule has 20 heavy (non-hydrogen) atoms. The first-order chi connectivity index (χ1) is 9.72. The van der Waals surface area contributed by atoms with Gasteiger partial charge in [0, 0.05) is 38.3 Å². The van der Waals surface area contributed by atoms with Crippen LogP contribution in [-0.4, -0.2) is 43.8 Å². The number of nitrogens with one attached hydrogen (secondary N) is 1. The fraction of sp³-hybridized carbons (Fsp3) is 0.647. The van der Waals surface area contributed by atoms with Gasteiger partial charge in [-0.3, -0.25) is 4.90 Å². The first kappa shape index (κ1) is 15.5. The van der Waals surface area contributed by atoms with Gasteiger partial charge in [-0.05, 0) is 18.4 Å². The minimum atomic E-state index is 0.464. The molecule has 2 unspecified atom stereocenters. The van der Waals surface area contributed by atoms with Crippen LogP contribution in [0.15, 0.2) is 30.3 Å². The van der Waals surface area contributed by atoms with Crippen LogP contribution in [0.3, 0.4) is 0 Å². The number of hydrogen-bond acceptors (Lipinski definition) is 3. The predicted molar refractivity (Wildman–Crippen MR) is 83.9 cm³/mol. The molecule has 1 saturated heterocycles. The van der Waals surface area contributed by atoms with E-state index in [0.29, 0.717) is 18.0 Å². The minimum absolute atomic E-state index is 0.464. The van der Waals surface area contributed by atoms with Crippen LogP contribution >= 0.6 is 0 Å². The molecule has 1 fully saturated rings. The fourth-order valence-corrected chi connectivity index (χ4v) is 2.86. The summed E-state index contributed by atoms with van der Waals surface area (Å²) in [7, 11) is 0. The Kier molecular flexibility index (Phi) is 6.02. The van der Waals surface area contributed by atoms with E-state index in [1.165, 1.54) is 5.56 Å². The molecule has 1 N–H and O–H groups in total. The van der Waals surface area contributed by atoms with Crippen LogP contribution in [0.1, 0.15) is 32.4 Å². The molecule has 1 heterocycles. The summed E-state index contributed by atoms with van der Waals surface area (Å²) in [6.45, 7) is 11.4. The Morgan fingerprint density at radius 3 is 2.70 bits per heavy atom. The number of piperazine rings is 1. The largest absolute Gasteiger partial charge is 0.380 e. The van der Waals surface area contributed by atoms with Gasteiger partial charge >= 0.3 is 0 Å². The molecular formula is C17H28N2O. The third kappa shape index (κ3) is 4.05. The van der Waals surface area contributed by atoms with Gasteiger partial charge in [0.15, 0.2) is 0 Å². The van der Waals surface area contributed by atoms with Gasteiger partial charge in [-0.25, -0.2) is 0 Å². The summed E-state index contributed by atoms with van der Waals surface area (Å²) >= 11 is 0. The minimum Gasteiger partial charge on any atom is -0.380 e. The standard InChI is InChI=1S/C17H28N2O/c1-4-20-11-10-19-13-16(14(2)3)18-12-17(19)15-8-6-5-7-9-15/h5-9,14,16-18H,4,10-13H2,1-3H3. The fourth-order valence-electron chi connectivity index (χ4n) is 2.86. The van der Waals surface area contributed by atoms with E-state index in [1.54, 1.807) is 0 Å². The van der Waals surface area contributed by atoms with Gasteiger partial charge in [-0.2, -0.15) is 0 Å². The average molecular weight is 276 g/mol. The van der Waals surface area contributed by atoms with Gasteiger partial charge in [-0.1, -0.05) is 44.2 Å². The second-order valence-electron chi connectivity index (χ2n) is 5.88. The van der Waals surface area contributed by atoms with Gasteiger partial charge in [0.25, 0.3) is 0 Å². The van der Waals surface area contributed by atoms with Crippen molar-refractivity contribution >= 4 is 0 Å². The van der Waals surface area contributed by atoms with E-state index >= 15 is 0 Å². The number of nitrogens with zero attached hydrogens (tertiary/aromatic N) is 1. The second-order valence-corrected chi connectivity index (χ2v) is 5.88. The maximum absolute atomic E-state index is 5.55. The van der Waals surface area contributed by atoms with E-state index in [9.17, 15) is 0 Å². The molecule has 0 spiro atoms. The van der Waals surface area contributed by atoms with Crippen LogP contribution in [0, 0.1) is 5.92 Å². The van der Waals surface area contributed by atoms with Crippen LogP contribution in [0.2, 0.25) is 0 Å². The lowest BCUT2D eigenvalue weighted by atomic mass is 9.96. The second kappa shape index (κ2) is 7.77. The Morgan fingerprint density at radius 2 is 2.05 bits per heavy atom. The molecule has 1 aromatic carbocycles. The zero-order chi connectivity index (χ0) is 14.4. The van der Waals surface area contributed by atoms with Crippen molar-refractivity contribution in [1.29, 1.82) is 0 Å². The number of benzene rings is 1. The van der Waals surface area contributed by atoms with Crippen molar-refractivity contribution < 1.29 is 4.74 Å². The van der Waals surface area contributed by atoms with E-state index in [1.807, 2.05) is 0 Å². The Morgan fingerprint density at radius 1 is 1.30 bits per heavy atom. The molecule has 3 nitrogen and oxygen atoms in total. The van der Waals surface area contributed by atoms with Crippen LogP contribution in [0.4, 0.5) is 0 Å². The topological polar surface area (TPSA) is 24.5 Å². The van der Waals surface area contributed by atoms with E-state index < -0.39 is 0 Å². The molecule has 0 aliphatic carbocycles. The lowest BCUT2D eigenvalue weighted by Gasteiger charge is -2.42. The summed E-state index contributed by atoms with van der Waals surface area (Å²) in [6.07, 6.45) is 0. The van der Waals surface area contributed by atoms with Gasteiger partial charge < -0.3 is 10.1 Å². The molecule has 0 saturated carbocycles. The monoisotopic (exact) mass is 276 g/mol. The van der Waals surface area contributed by atoms with Crippen LogP contribution in [0.25, 0.3) is 0 Å². The molecule has 2 atom stereocenters. The summed E-state index contributed by atoms with van der Waals surface area (Å²) < 4.78 is 5.55. The smallest absolute Gasteiger partial charge is 0.0593 e. The third-order valence-electron chi connectivity index (χ3n) is 4.16. The molecule has 0 aromatic heterocycles. The van der Waals surface area contributed by atoms with Crippen molar-refractivity contribution in [3.05, 3.63) is 35.9 Å². The maximum atomic E-state index is 5.55. The Hall–Kier alpha value is -0.900. The van der Waals surface area contributed by atoms with Crippen molar-refractivity contribution in [3.8, 4) is 0 Å². The summed E-state index contributed by atoms with van der Waals surface area (Å²) in [6, 6.07) is 11.9. The maximum Gasteiger partial charge on any atom is 0.0593 e. The third-order valence-corrected chi connectivity index (χ3v) is 4.16. The lowest BCUT2D eigenvalue weighted by molar-refractivity contribution is 0.0628. The van der Waals surface area contributed by atoms with Gasteiger partial charge in [0.05, 0.1) is 6.61 Å². The Bertz CT molecular complexity index is 380. The highest BCUT2D eigenvalue weighted by Crippen LogP contribution is 2.24. The van der Waals surface area contributed by atoms with Crippen molar-refractivity contribution in [2.24, 2.45) is 5.92 Å². The molecule has 1 aromatic rings.